The monoisotopic (exact) mass is 250 g/mol. The third kappa shape index (κ3) is 1.94. The number of halogens is 1. The van der Waals surface area contributed by atoms with E-state index in [4.69, 9.17) is 16.3 Å². The molecule has 1 aliphatic carbocycles. The van der Waals surface area contributed by atoms with Gasteiger partial charge in [0.15, 0.2) is 10.9 Å². The lowest BCUT2D eigenvalue weighted by Crippen LogP contribution is -2.09. The normalized spacial score (nSPS) is 26.8. The smallest absolute Gasteiger partial charge is 0.171 e. The largest absolute Gasteiger partial charge is 0.494 e. The first kappa shape index (κ1) is 11.1. The van der Waals surface area contributed by atoms with Crippen LogP contribution in [0.25, 0.3) is 5.57 Å². The van der Waals surface area contributed by atoms with Gasteiger partial charge in [-0.3, -0.25) is 0 Å². The first-order chi connectivity index (χ1) is 8.28. The maximum atomic E-state index is 5.93. The van der Waals surface area contributed by atoms with Crippen molar-refractivity contribution >= 4 is 17.2 Å². The van der Waals surface area contributed by atoms with E-state index in [0.717, 1.165) is 31.0 Å². The van der Waals surface area contributed by atoms with Crippen molar-refractivity contribution in [3.8, 4) is 5.75 Å². The maximum Gasteiger partial charge on any atom is 0.171 e. The first-order valence-corrected chi connectivity index (χ1v) is 6.27. The number of pyridine rings is 1. The van der Waals surface area contributed by atoms with Crippen LogP contribution in [0.5, 0.6) is 5.75 Å². The predicted molar refractivity (Wildman–Crippen MR) is 68.2 cm³/mol. The summed E-state index contributed by atoms with van der Waals surface area (Å²) in [4.78, 5) is 4.17. The summed E-state index contributed by atoms with van der Waals surface area (Å²) in [6, 6.07) is 1.98. The Kier molecular flexibility index (Phi) is 2.81. The van der Waals surface area contributed by atoms with Gasteiger partial charge < -0.3 is 10.1 Å². The number of hydrogen-bond donors (Lipinski definition) is 1. The van der Waals surface area contributed by atoms with Crippen LogP contribution in [0.1, 0.15) is 12.0 Å². The molecule has 0 aromatic carbocycles. The van der Waals surface area contributed by atoms with E-state index in [1.54, 1.807) is 7.11 Å². The molecule has 3 rings (SSSR count). The van der Waals surface area contributed by atoms with Crippen molar-refractivity contribution in [3.63, 3.8) is 0 Å². The van der Waals surface area contributed by atoms with Gasteiger partial charge in [0.2, 0.25) is 0 Å². The number of nitrogens with zero attached hydrogens (tertiary/aromatic N) is 1. The molecule has 1 aliphatic heterocycles. The van der Waals surface area contributed by atoms with E-state index in [1.165, 1.54) is 5.57 Å². The molecule has 2 heterocycles. The Labute approximate surface area is 106 Å². The van der Waals surface area contributed by atoms with Gasteiger partial charge in [0.25, 0.3) is 0 Å². The third-order valence-corrected chi connectivity index (χ3v) is 3.97. The third-order valence-electron chi connectivity index (χ3n) is 3.69. The summed E-state index contributed by atoms with van der Waals surface area (Å²) in [5.74, 6) is 2.10. The highest BCUT2D eigenvalue weighted by atomic mass is 35.5. The van der Waals surface area contributed by atoms with Crippen molar-refractivity contribution in [2.24, 2.45) is 11.8 Å². The van der Waals surface area contributed by atoms with E-state index < -0.39 is 0 Å². The van der Waals surface area contributed by atoms with Crippen molar-refractivity contribution in [1.29, 1.82) is 0 Å². The van der Waals surface area contributed by atoms with Crippen LogP contribution in [-0.2, 0) is 0 Å². The molecule has 0 radical (unpaired) electrons. The number of hydrogen-bond acceptors (Lipinski definition) is 3. The number of nitrogens with one attached hydrogen (secondary N) is 1. The minimum absolute atomic E-state index is 0.428. The Hall–Kier alpha value is -1.06. The zero-order valence-corrected chi connectivity index (χ0v) is 10.5. The van der Waals surface area contributed by atoms with Crippen molar-refractivity contribution < 1.29 is 4.74 Å². The van der Waals surface area contributed by atoms with Crippen LogP contribution < -0.4 is 10.1 Å². The highest BCUT2D eigenvalue weighted by Crippen LogP contribution is 2.39. The molecular weight excluding hydrogens is 236 g/mol. The van der Waals surface area contributed by atoms with E-state index in [1.807, 2.05) is 12.3 Å². The van der Waals surface area contributed by atoms with Gasteiger partial charge in [-0.25, -0.2) is 4.98 Å². The highest BCUT2D eigenvalue weighted by molar-refractivity contribution is 6.30. The Bertz CT molecular complexity index is 472. The molecule has 0 unspecified atom stereocenters. The molecule has 0 bridgehead atoms. The van der Waals surface area contributed by atoms with Crippen molar-refractivity contribution in [1.82, 2.24) is 10.3 Å². The van der Waals surface area contributed by atoms with Crippen LogP contribution in [0.4, 0.5) is 0 Å². The molecule has 0 amide bonds. The molecule has 17 heavy (non-hydrogen) atoms. The van der Waals surface area contributed by atoms with E-state index in [2.05, 4.69) is 16.4 Å². The second kappa shape index (κ2) is 4.31. The number of fused-ring (bicyclic) bond motifs is 1. The molecule has 1 aromatic rings. The maximum absolute atomic E-state index is 5.93. The predicted octanol–water partition coefficient (Wildman–Crippen LogP) is 2.37. The van der Waals surface area contributed by atoms with Crippen LogP contribution in [0.2, 0.25) is 5.15 Å². The quantitative estimate of drug-likeness (QED) is 0.819. The van der Waals surface area contributed by atoms with E-state index in [-0.39, 0.29) is 0 Å². The molecule has 0 saturated carbocycles. The van der Waals surface area contributed by atoms with E-state index >= 15 is 0 Å². The zero-order chi connectivity index (χ0) is 11.8. The standard InChI is InChI=1S/C13H15ClN2O/c1-17-12-4-11(7-16-13(12)14)8-2-9-5-15-6-10(9)3-8/h2,4,7,9-10,15H,3,5-6H2,1H3/t9-,10+/m0/s1. The lowest BCUT2D eigenvalue weighted by Gasteiger charge is -2.08. The molecule has 1 fully saturated rings. The summed E-state index contributed by atoms with van der Waals surface area (Å²) in [6.45, 7) is 2.23. The van der Waals surface area contributed by atoms with Gasteiger partial charge in [0.05, 0.1) is 7.11 Å². The van der Waals surface area contributed by atoms with Gasteiger partial charge in [0, 0.05) is 12.7 Å². The number of ether oxygens (including phenoxy) is 1. The summed E-state index contributed by atoms with van der Waals surface area (Å²) in [6.07, 6.45) is 5.34. The molecule has 2 atom stereocenters. The highest BCUT2D eigenvalue weighted by Gasteiger charge is 2.32. The molecular formula is C13H15ClN2O. The van der Waals surface area contributed by atoms with Crippen LogP contribution in [-0.4, -0.2) is 25.2 Å². The number of aromatic nitrogens is 1. The van der Waals surface area contributed by atoms with Gasteiger partial charge in [-0.05, 0) is 42.0 Å². The fraction of sp³-hybridized carbons (Fsp3) is 0.462. The van der Waals surface area contributed by atoms with Crippen molar-refractivity contribution in [2.75, 3.05) is 20.2 Å². The fourth-order valence-corrected chi connectivity index (χ4v) is 2.92. The lowest BCUT2D eigenvalue weighted by atomic mass is 9.99. The van der Waals surface area contributed by atoms with Gasteiger partial charge in [-0.15, -0.1) is 0 Å². The van der Waals surface area contributed by atoms with Gasteiger partial charge in [-0.2, -0.15) is 0 Å². The average Bonchev–Trinajstić information content (AvgIpc) is 2.90. The summed E-state index contributed by atoms with van der Waals surface area (Å²) < 4.78 is 5.21. The molecule has 2 aliphatic rings. The molecule has 4 heteroatoms. The van der Waals surface area contributed by atoms with Gasteiger partial charge in [0.1, 0.15) is 0 Å². The zero-order valence-electron chi connectivity index (χ0n) is 9.74. The molecule has 90 valence electrons. The van der Waals surface area contributed by atoms with Crippen LogP contribution in [0.3, 0.4) is 0 Å². The second-order valence-corrected chi connectivity index (χ2v) is 5.05. The Morgan fingerprint density at radius 1 is 1.47 bits per heavy atom. The molecule has 0 spiro atoms. The number of rotatable bonds is 2. The summed E-state index contributed by atoms with van der Waals surface area (Å²) in [7, 11) is 1.62. The Morgan fingerprint density at radius 2 is 2.35 bits per heavy atom. The minimum atomic E-state index is 0.428. The fourth-order valence-electron chi connectivity index (χ4n) is 2.74. The second-order valence-electron chi connectivity index (χ2n) is 4.70. The number of allylic oxidation sites excluding steroid dienone is 1. The summed E-state index contributed by atoms with van der Waals surface area (Å²) in [5, 5.41) is 3.85. The van der Waals surface area contributed by atoms with E-state index in [0.29, 0.717) is 16.8 Å². The van der Waals surface area contributed by atoms with Gasteiger partial charge in [-0.1, -0.05) is 17.7 Å². The van der Waals surface area contributed by atoms with Crippen LogP contribution in [0.15, 0.2) is 18.3 Å². The average molecular weight is 251 g/mol. The van der Waals surface area contributed by atoms with Crippen molar-refractivity contribution in [2.45, 2.75) is 6.42 Å². The molecule has 1 aromatic heterocycles. The molecule has 3 nitrogen and oxygen atoms in total. The Balaban J connectivity index is 1.90. The van der Waals surface area contributed by atoms with Crippen LogP contribution in [0, 0.1) is 11.8 Å². The summed E-state index contributed by atoms with van der Waals surface area (Å²) in [5.41, 5.74) is 2.52. The number of methoxy groups -OCH3 is 1. The first-order valence-electron chi connectivity index (χ1n) is 5.89. The van der Waals surface area contributed by atoms with Gasteiger partial charge >= 0.3 is 0 Å². The van der Waals surface area contributed by atoms with Crippen molar-refractivity contribution in [3.05, 3.63) is 29.1 Å². The van der Waals surface area contributed by atoms with Crippen LogP contribution >= 0.6 is 11.6 Å². The minimum Gasteiger partial charge on any atom is -0.494 e. The SMILES string of the molecule is COc1cc(C2=C[C@H]3CNC[C@H]3C2)cnc1Cl. The Morgan fingerprint density at radius 3 is 3.12 bits per heavy atom. The molecule has 1 N–H and O–H groups in total. The lowest BCUT2D eigenvalue weighted by molar-refractivity contribution is 0.413. The van der Waals surface area contributed by atoms with E-state index in [9.17, 15) is 0 Å². The topological polar surface area (TPSA) is 34.1 Å². The molecule has 1 saturated heterocycles. The summed E-state index contributed by atoms with van der Waals surface area (Å²) >= 11 is 5.93.